The van der Waals surface area contributed by atoms with E-state index in [4.69, 9.17) is 4.74 Å². The van der Waals surface area contributed by atoms with Crippen molar-refractivity contribution < 1.29 is 14.3 Å². The van der Waals surface area contributed by atoms with E-state index in [1.165, 1.54) is 0 Å². The highest BCUT2D eigenvalue weighted by atomic mass is 16.5. The highest BCUT2D eigenvalue weighted by Crippen LogP contribution is 2.21. The number of aromatic nitrogens is 3. The van der Waals surface area contributed by atoms with E-state index >= 15 is 0 Å². The van der Waals surface area contributed by atoms with Gasteiger partial charge in [-0.05, 0) is 36.1 Å². The predicted octanol–water partition coefficient (Wildman–Crippen LogP) is 2.45. The molecule has 3 aromatic rings. The van der Waals surface area contributed by atoms with Crippen LogP contribution in [-0.2, 0) is 24.3 Å². The molecule has 0 aliphatic carbocycles. The van der Waals surface area contributed by atoms with Gasteiger partial charge in [0.2, 0.25) is 5.91 Å². The van der Waals surface area contributed by atoms with Crippen LogP contribution in [0.2, 0.25) is 0 Å². The predicted molar refractivity (Wildman–Crippen MR) is 119 cm³/mol. The average molecular weight is 434 g/mol. The minimum atomic E-state index is -0.266. The molecule has 8 nitrogen and oxygen atoms in total. The summed E-state index contributed by atoms with van der Waals surface area (Å²) < 4.78 is 6.90. The first kappa shape index (κ1) is 21.5. The molecule has 2 amide bonds. The van der Waals surface area contributed by atoms with Gasteiger partial charge in [0.15, 0.2) is 5.69 Å². The number of carbonyl (C=O) groups excluding carboxylic acids is 2. The number of likely N-dealkylation sites (tertiary alicyclic amines) is 1. The van der Waals surface area contributed by atoms with Crippen LogP contribution in [0.4, 0.5) is 0 Å². The first-order valence-corrected chi connectivity index (χ1v) is 10.8. The third kappa shape index (κ3) is 5.32. The van der Waals surface area contributed by atoms with Crippen LogP contribution in [-0.4, -0.2) is 51.4 Å². The summed E-state index contributed by atoms with van der Waals surface area (Å²) in [6.45, 7) is 1.68. The summed E-state index contributed by atoms with van der Waals surface area (Å²) in [6, 6.07) is 17.3. The zero-order valence-corrected chi connectivity index (χ0v) is 18.1. The van der Waals surface area contributed by atoms with Gasteiger partial charge in [-0.15, -0.1) is 5.10 Å². The summed E-state index contributed by atoms with van der Waals surface area (Å²) in [5, 5.41) is 11.0. The van der Waals surface area contributed by atoms with E-state index in [1.54, 1.807) is 18.0 Å². The van der Waals surface area contributed by atoms with E-state index in [2.05, 4.69) is 15.6 Å². The molecule has 0 radical (unpaired) electrons. The minimum absolute atomic E-state index is 0.0371. The third-order valence-electron chi connectivity index (χ3n) is 5.65. The van der Waals surface area contributed by atoms with Gasteiger partial charge >= 0.3 is 0 Å². The fraction of sp³-hybridized carbons (Fsp3) is 0.333. The maximum Gasteiger partial charge on any atom is 0.273 e. The lowest BCUT2D eigenvalue weighted by Gasteiger charge is -2.24. The van der Waals surface area contributed by atoms with Gasteiger partial charge in [0, 0.05) is 13.1 Å². The SMILES string of the molecule is COc1cccc(CC(=O)N2CCCC2Cn2cc(C(=O)NCc3ccccc3)nn2)c1. The molecule has 0 bridgehead atoms. The Morgan fingerprint density at radius 1 is 1.12 bits per heavy atom. The Labute approximate surface area is 187 Å². The normalized spacial score (nSPS) is 15.5. The lowest BCUT2D eigenvalue weighted by Crippen LogP contribution is -2.39. The molecule has 1 unspecified atom stereocenters. The summed E-state index contributed by atoms with van der Waals surface area (Å²) in [5.74, 6) is 0.563. The molecule has 166 valence electrons. The zero-order chi connectivity index (χ0) is 22.3. The first-order valence-electron chi connectivity index (χ1n) is 10.8. The van der Waals surface area contributed by atoms with Crippen molar-refractivity contribution in [3.8, 4) is 5.75 Å². The number of hydrogen-bond acceptors (Lipinski definition) is 5. The van der Waals surface area contributed by atoms with Crippen molar-refractivity contribution >= 4 is 11.8 Å². The standard InChI is InChI=1S/C24H27N5O3/c1-32-21-11-5-9-19(13-21)14-23(30)29-12-6-10-20(29)16-28-17-22(26-27-28)24(31)25-15-18-7-3-2-4-8-18/h2-5,7-9,11,13,17,20H,6,10,12,14-16H2,1H3,(H,25,31). The van der Waals surface area contributed by atoms with E-state index < -0.39 is 0 Å². The number of benzene rings is 2. The third-order valence-corrected chi connectivity index (χ3v) is 5.65. The highest BCUT2D eigenvalue weighted by molar-refractivity contribution is 5.91. The van der Waals surface area contributed by atoms with Gasteiger partial charge in [-0.2, -0.15) is 0 Å². The van der Waals surface area contributed by atoms with Crippen molar-refractivity contribution in [2.24, 2.45) is 0 Å². The number of methoxy groups -OCH3 is 1. The molecule has 32 heavy (non-hydrogen) atoms. The van der Waals surface area contributed by atoms with Crippen LogP contribution >= 0.6 is 0 Å². The number of hydrogen-bond donors (Lipinski definition) is 1. The molecule has 1 aliphatic heterocycles. The smallest absolute Gasteiger partial charge is 0.273 e. The maximum absolute atomic E-state index is 12.9. The first-order chi connectivity index (χ1) is 15.6. The summed E-state index contributed by atoms with van der Waals surface area (Å²) >= 11 is 0. The number of ether oxygens (including phenoxy) is 1. The number of nitrogens with zero attached hydrogens (tertiary/aromatic N) is 4. The van der Waals surface area contributed by atoms with E-state index in [0.717, 1.165) is 36.3 Å². The van der Waals surface area contributed by atoms with Crippen LogP contribution in [0, 0.1) is 0 Å². The molecular weight excluding hydrogens is 406 g/mol. The number of rotatable bonds is 8. The quantitative estimate of drug-likeness (QED) is 0.589. The minimum Gasteiger partial charge on any atom is -0.497 e. The van der Waals surface area contributed by atoms with Crippen LogP contribution in [0.5, 0.6) is 5.75 Å². The summed E-state index contributed by atoms with van der Waals surface area (Å²) in [4.78, 5) is 27.2. The van der Waals surface area contributed by atoms with Gasteiger partial charge in [-0.3, -0.25) is 9.59 Å². The van der Waals surface area contributed by atoms with Crippen molar-refractivity contribution in [3.05, 3.63) is 77.6 Å². The van der Waals surface area contributed by atoms with Crippen molar-refractivity contribution in [2.45, 2.75) is 38.4 Å². The molecule has 1 fully saturated rings. The average Bonchev–Trinajstić information content (AvgIpc) is 3.48. The molecule has 1 aromatic heterocycles. The lowest BCUT2D eigenvalue weighted by atomic mass is 10.1. The largest absolute Gasteiger partial charge is 0.497 e. The van der Waals surface area contributed by atoms with Gasteiger partial charge < -0.3 is 15.0 Å². The van der Waals surface area contributed by atoms with Crippen molar-refractivity contribution in [1.29, 1.82) is 0 Å². The molecule has 1 N–H and O–H groups in total. The van der Waals surface area contributed by atoms with E-state index in [1.807, 2.05) is 59.5 Å². The second-order valence-corrected chi connectivity index (χ2v) is 7.91. The van der Waals surface area contributed by atoms with E-state index in [0.29, 0.717) is 19.5 Å². The second kappa shape index (κ2) is 10.1. The van der Waals surface area contributed by atoms with E-state index in [9.17, 15) is 9.59 Å². The van der Waals surface area contributed by atoms with E-state index in [-0.39, 0.29) is 23.6 Å². The number of nitrogens with one attached hydrogen (secondary N) is 1. The molecule has 0 saturated carbocycles. The Morgan fingerprint density at radius 3 is 2.75 bits per heavy atom. The van der Waals surface area contributed by atoms with Crippen molar-refractivity contribution in [2.75, 3.05) is 13.7 Å². The fourth-order valence-electron chi connectivity index (χ4n) is 3.99. The lowest BCUT2D eigenvalue weighted by molar-refractivity contribution is -0.131. The van der Waals surface area contributed by atoms with Gasteiger partial charge in [0.25, 0.3) is 5.91 Å². The molecule has 2 heterocycles. The Hall–Kier alpha value is -3.68. The molecular formula is C24H27N5O3. The topological polar surface area (TPSA) is 89.4 Å². The van der Waals surface area contributed by atoms with Gasteiger partial charge in [-0.1, -0.05) is 47.7 Å². The molecule has 1 aliphatic rings. The molecule has 4 rings (SSSR count). The van der Waals surface area contributed by atoms with Crippen LogP contribution in [0.3, 0.4) is 0 Å². The Balaban J connectivity index is 1.33. The van der Waals surface area contributed by atoms with Gasteiger partial charge in [0.1, 0.15) is 5.75 Å². The molecule has 1 saturated heterocycles. The molecule has 0 spiro atoms. The molecule has 2 aromatic carbocycles. The zero-order valence-electron chi connectivity index (χ0n) is 18.1. The summed E-state index contributed by atoms with van der Waals surface area (Å²) in [5.41, 5.74) is 2.22. The van der Waals surface area contributed by atoms with Crippen LogP contribution in [0.25, 0.3) is 0 Å². The van der Waals surface area contributed by atoms with Crippen LogP contribution < -0.4 is 10.1 Å². The molecule has 1 atom stereocenters. The van der Waals surface area contributed by atoms with Gasteiger partial charge in [0.05, 0.1) is 32.3 Å². The van der Waals surface area contributed by atoms with Gasteiger partial charge in [-0.25, -0.2) is 4.68 Å². The highest BCUT2D eigenvalue weighted by Gasteiger charge is 2.29. The van der Waals surface area contributed by atoms with Crippen molar-refractivity contribution in [1.82, 2.24) is 25.2 Å². The summed E-state index contributed by atoms with van der Waals surface area (Å²) in [6.07, 6.45) is 3.83. The number of amides is 2. The summed E-state index contributed by atoms with van der Waals surface area (Å²) in [7, 11) is 1.62. The Kier molecular flexibility index (Phi) is 6.79. The number of carbonyl (C=O) groups is 2. The Morgan fingerprint density at radius 2 is 1.94 bits per heavy atom. The fourth-order valence-corrected chi connectivity index (χ4v) is 3.99. The van der Waals surface area contributed by atoms with Crippen LogP contribution in [0.1, 0.15) is 34.5 Å². The Bertz CT molecular complexity index is 1070. The molecule has 8 heteroatoms. The van der Waals surface area contributed by atoms with Crippen molar-refractivity contribution in [3.63, 3.8) is 0 Å². The second-order valence-electron chi connectivity index (χ2n) is 7.91. The monoisotopic (exact) mass is 433 g/mol. The maximum atomic E-state index is 12.9. The van der Waals surface area contributed by atoms with Crippen LogP contribution in [0.15, 0.2) is 60.8 Å².